The van der Waals surface area contributed by atoms with Crippen LogP contribution in [0.25, 0.3) is 0 Å². The van der Waals surface area contributed by atoms with Crippen LogP contribution in [0.1, 0.15) is 19.8 Å². The fraction of sp³-hybridized carbons (Fsp3) is 0.900. The summed E-state index contributed by atoms with van der Waals surface area (Å²) in [5.74, 6) is 0.0582. The van der Waals surface area contributed by atoms with Crippen LogP contribution in [0.3, 0.4) is 0 Å². The third-order valence-electron chi connectivity index (χ3n) is 2.56. The summed E-state index contributed by atoms with van der Waals surface area (Å²) < 4.78 is 31.4. The molecule has 17 heavy (non-hydrogen) atoms. The van der Waals surface area contributed by atoms with Crippen LogP contribution in [-0.2, 0) is 19.0 Å². The van der Waals surface area contributed by atoms with Crippen molar-refractivity contribution in [1.82, 2.24) is 4.90 Å². The van der Waals surface area contributed by atoms with E-state index in [2.05, 4.69) is 0 Å². The lowest BCUT2D eigenvalue weighted by molar-refractivity contribution is 0.0799. The van der Waals surface area contributed by atoms with E-state index in [0.717, 1.165) is 19.1 Å². The molecular formula is C10H19NO5S. The van der Waals surface area contributed by atoms with Crippen molar-refractivity contribution in [2.24, 2.45) is 5.92 Å². The first-order valence-corrected chi connectivity index (χ1v) is 7.50. The minimum absolute atomic E-state index is 0.0582. The molecule has 1 atom stereocenters. The second-order valence-corrected chi connectivity index (χ2v) is 5.79. The first-order valence-electron chi connectivity index (χ1n) is 5.68. The monoisotopic (exact) mass is 265 g/mol. The molecule has 0 bridgehead atoms. The number of ether oxygens (including phenoxy) is 1. The van der Waals surface area contributed by atoms with E-state index in [0.29, 0.717) is 19.7 Å². The van der Waals surface area contributed by atoms with Crippen molar-refractivity contribution >= 4 is 16.2 Å². The van der Waals surface area contributed by atoms with Crippen molar-refractivity contribution in [3.63, 3.8) is 0 Å². The van der Waals surface area contributed by atoms with Crippen LogP contribution >= 0.6 is 0 Å². The van der Waals surface area contributed by atoms with E-state index in [1.165, 1.54) is 0 Å². The third-order valence-corrected chi connectivity index (χ3v) is 3.13. The molecule has 0 spiro atoms. The molecule has 1 rings (SSSR count). The fourth-order valence-corrected chi connectivity index (χ4v) is 2.24. The number of likely N-dealkylation sites (tertiary alicyclic amines) is 1. The summed E-state index contributed by atoms with van der Waals surface area (Å²) in [6, 6.07) is 0. The number of carbonyl (C=O) groups excluding carboxylic acids is 1. The second-order valence-electron chi connectivity index (χ2n) is 4.14. The van der Waals surface area contributed by atoms with E-state index in [1.54, 1.807) is 11.8 Å². The van der Waals surface area contributed by atoms with Gasteiger partial charge in [-0.25, -0.2) is 4.79 Å². The Labute approximate surface area is 102 Å². The molecule has 0 aromatic carbocycles. The van der Waals surface area contributed by atoms with Gasteiger partial charge in [0.1, 0.15) is 0 Å². The van der Waals surface area contributed by atoms with Gasteiger partial charge < -0.3 is 9.64 Å². The molecule has 0 saturated carbocycles. The molecule has 0 aliphatic carbocycles. The molecule has 1 aliphatic rings. The molecule has 1 saturated heterocycles. The summed E-state index contributed by atoms with van der Waals surface area (Å²) >= 11 is 0. The van der Waals surface area contributed by atoms with Gasteiger partial charge in [0.25, 0.3) is 10.1 Å². The Morgan fingerprint density at radius 3 is 2.76 bits per heavy atom. The van der Waals surface area contributed by atoms with E-state index < -0.39 is 10.1 Å². The Morgan fingerprint density at radius 1 is 1.47 bits per heavy atom. The quantitative estimate of drug-likeness (QED) is 0.704. The number of carbonyl (C=O) groups is 1. The van der Waals surface area contributed by atoms with Gasteiger partial charge >= 0.3 is 6.09 Å². The first-order chi connectivity index (χ1) is 7.92. The minimum Gasteiger partial charge on any atom is -0.450 e. The van der Waals surface area contributed by atoms with Crippen molar-refractivity contribution < 1.29 is 22.1 Å². The van der Waals surface area contributed by atoms with E-state index in [9.17, 15) is 13.2 Å². The standard InChI is InChI=1S/C10H19NO5S/c1-3-15-10(12)11-6-4-5-9(7-11)8-16-17(2,13)14/h9H,3-8H2,1-2H3. The van der Waals surface area contributed by atoms with E-state index in [1.807, 2.05) is 0 Å². The number of hydrogen-bond acceptors (Lipinski definition) is 5. The van der Waals surface area contributed by atoms with Crippen molar-refractivity contribution in [3.8, 4) is 0 Å². The Morgan fingerprint density at radius 2 is 2.18 bits per heavy atom. The van der Waals surface area contributed by atoms with Gasteiger partial charge in [0, 0.05) is 19.0 Å². The lowest BCUT2D eigenvalue weighted by atomic mass is 10.00. The maximum Gasteiger partial charge on any atom is 0.409 e. The van der Waals surface area contributed by atoms with Crippen LogP contribution in [0.15, 0.2) is 0 Å². The number of piperidine rings is 1. The van der Waals surface area contributed by atoms with E-state index >= 15 is 0 Å². The van der Waals surface area contributed by atoms with Gasteiger partial charge in [-0.2, -0.15) is 8.42 Å². The minimum atomic E-state index is -3.41. The summed E-state index contributed by atoms with van der Waals surface area (Å²) in [6.45, 7) is 3.39. The number of rotatable bonds is 4. The molecule has 0 aromatic rings. The number of hydrogen-bond donors (Lipinski definition) is 0. The molecule has 1 amide bonds. The second kappa shape index (κ2) is 6.20. The van der Waals surface area contributed by atoms with Crippen LogP contribution < -0.4 is 0 Å². The van der Waals surface area contributed by atoms with Crippen molar-refractivity contribution in [3.05, 3.63) is 0 Å². The van der Waals surface area contributed by atoms with Crippen molar-refractivity contribution in [2.75, 3.05) is 32.6 Å². The highest BCUT2D eigenvalue weighted by atomic mass is 32.2. The van der Waals surface area contributed by atoms with Gasteiger partial charge in [-0.05, 0) is 19.8 Å². The molecule has 7 heteroatoms. The van der Waals surface area contributed by atoms with Gasteiger partial charge in [0.2, 0.25) is 0 Å². The third kappa shape index (κ3) is 5.36. The van der Waals surface area contributed by atoms with Crippen LogP contribution in [0, 0.1) is 5.92 Å². The van der Waals surface area contributed by atoms with Crippen LogP contribution in [0.4, 0.5) is 4.79 Å². The molecule has 1 aliphatic heterocycles. The maximum atomic E-state index is 11.5. The molecule has 0 radical (unpaired) electrons. The van der Waals surface area contributed by atoms with E-state index in [-0.39, 0.29) is 18.6 Å². The summed E-state index contributed by atoms with van der Waals surface area (Å²) in [5, 5.41) is 0. The molecule has 1 heterocycles. The Kier molecular flexibility index (Phi) is 5.20. The van der Waals surface area contributed by atoms with Gasteiger partial charge in [-0.15, -0.1) is 0 Å². The fourth-order valence-electron chi connectivity index (χ4n) is 1.80. The summed E-state index contributed by atoms with van der Waals surface area (Å²) in [7, 11) is -3.41. The predicted molar refractivity (Wildman–Crippen MR) is 62.1 cm³/mol. The normalized spacial score (nSPS) is 21.3. The summed E-state index contributed by atoms with van der Waals surface area (Å²) in [6.07, 6.45) is 2.40. The lowest BCUT2D eigenvalue weighted by Crippen LogP contribution is -2.41. The Hall–Kier alpha value is -0.820. The highest BCUT2D eigenvalue weighted by Crippen LogP contribution is 2.18. The Balaban J connectivity index is 2.41. The molecule has 1 unspecified atom stereocenters. The topological polar surface area (TPSA) is 72.9 Å². The van der Waals surface area contributed by atoms with Gasteiger partial charge in [-0.3, -0.25) is 4.18 Å². The van der Waals surface area contributed by atoms with Crippen LogP contribution in [-0.4, -0.2) is 52.0 Å². The largest absolute Gasteiger partial charge is 0.450 e. The van der Waals surface area contributed by atoms with Gasteiger partial charge in [0.05, 0.1) is 19.5 Å². The SMILES string of the molecule is CCOC(=O)N1CCCC(COS(C)(=O)=O)C1. The molecule has 1 fully saturated rings. The first kappa shape index (κ1) is 14.2. The van der Waals surface area contributed by atoms with Crippen LogP contribution in [0.2, 0.25) is 0 Å². The maximum absolute atomic E-state index is 11.5. The highest BCUT2D eigenvalue weighted by Gasteiger charge is 2.25. The van der Waals surface area contributed by atoms with E-state index in [4.69, 9.17) is 8.92 Å². The Bertz CT molecular complexity index is 354. The van der Waals surface area contributed by atoms with Gasteiger partial charge in [-0.1, -0.05) is 0 Å². The van der Waals surface area contributed by atoms with Gasteiger partial charge in [0.15, 0.2) is 0 Å². The predicted octanol–water partition coefficient (Wildman–Crippen LogP) is 0.831. The molecule has 0 aromatic heterocycles. The summed E-state index contributed by atoms with van der Waals surface area (Å²) in [4.78, 5) is 13.1. The lowest BCUT2D eigenvalue weighted by Gasteiger charge is -2.31. The highest BCUT2D eigenvalue weighted by molar-refractivity contribution is 7.85. The number of amides is 1. The molecule has 0 N–H and O–H groups in total. The van der Waals surface area contributed by atoms with Crippen LogP contribution in [0.5, 0.6) is 0 Å². The zero-order chi connectivity index (χ0) is 12.9. The zero-order valence-electron chi connectivity index (χ0n) is 10.2. The number of nitrogens with zero attached hydrogens (tertiary/aromatic N) is 1. The van der Waals surface area contributed by atoms with Crippen molar-refractivity contribution in [2.45, 2.75) is 19.8 Å². The molecule has 6 nitrogen and oxygen atoms in total. The molecular weight excluding hydrogens is 246 g/mol. The average molecular weight is 265 g/mol. The molecule has 100 valence electrons. The van der Waals surface area contributed by atoms with Crippen molar-refractivity contribution in [1.29, 1.82) is 0 Å². The average Bonchev–Trinajstić information content (AvgIpc) is 2.26. The zero-order valence-corrected chi connectivity index (χ0v) is 11.0. The smallest absolute Gasteiger partial charge is 0.409 e. The summed E-state index contributed by atoms with van der Waals surface area (Å²) in [5.41, 5.74) is 0.